The highest BCUT2D eigenvalue weighted by molar-refractivity contribution is 6.09. The van der Waals surface area contributed by atoms with Crippen molar-refractivity contribution in [1.82, 2.24) is 0 Å². The van der Waals surface area contributed by atoms with Crippen LogP contribution >= 0.6 is 0 Å². The standard InChI is InChI=1S/C11H11NO4/c1-2-15-11(14)9-10(13)12-7-5-3-4-6-8(7)16-9/h3-6,9H,2H2,1H3,(H,12,13)/t9-/m1/s1. The zero-order valence-corrected chi connectivity index (χ0v) is 8.73. The van der Waals surface area contributed by atoms with E-state index in [-0.39, 0.29) is 6.61 Å². The SMILES string of the molecule is CCOC(=O)[C@@H]1Oc2ccccc2NC1=O. The average Bonchev–Trinajstić information content (AvgIpc) is 2.28. The Morgan fingerprint density at radius 2 is 2.25 bits per heavy atom. The molecule has 0 aliphatic carbocycles. The van der Waals surface area contributed by atoms with Crippen molar-refractivity contribution in [2.75, 3.05) is 11.9 Å². The number of fused-ring (bicyclic) bond motifs is 1. The van der Waals surface area contributed by atoms with Crippen LogP contribution in [-0.2, 0) is 14.3 Å². The number of esters is 1. The summed E-state index contributed by atoms with van der Waals surface area (Å²) in [5.74, 6) is -0.702. The second kappa shape index (κ2) is 4.22. The molecule has 1 heterocycles. The Balaban J connectivity index is 2.21. The van der Waals surface area contributed by atoms with E-state index in [1.807, 2.05) is 0 Å². The topological polar surface area (TPSA) is 64.6 Å². The number of para-hydroxylation sites is 2. The molecule has 2 rings (SSSR count). The van der Waals surface area contributed by atoms with E-state index in [4.69, 9.17) is 9.47 Å². The van der Waals surface area contributed by atoms with Crippen LogP contribution in [0.25, 0.3) is 0 Å². The lowest BCUT2D eigenvalue weighted by atomic mass is 10.2. The Hall–Kier alpha value is -2.04. The maximum Gasteiger partial charge on any atom is 0.357 e. The van der Waals surface area contributed by atoms with Crippen molar-refractivity contribution >= 4 is 17.6 Å². The Bertz CT molecular complexity index is 430. The molecule has 5 heteroatoms. The predicted molar refractivity (Wildman–Crippen MR) is 56.1 cm³/mol. The number of benzene rings is 1. The molecule has 1 aromatic carbocycles. The van der Waals surface area contributed by atoms with E-state index in [9.17, 15) is 9.59 Å². The van der Waals surface area contributed by atoms with Crippen LogP contribution in [0, 0.1) is 0 Å². The summed E-state index contributed by atoms with van der Waals surface area (Å²) < 4.78 is 10.0. The first-order valence-corrected chi connectivity index (χ1v) is 4.95. The third kappa shape index (κ3) is 1.84. The van der Waals surface area contributed by atoms with Gasteiger partial charge < -0.3 is 14.8 Å². The molecule has 0 radical (unpaired) electrons. The van der Waals surface area contributed by atoms with E-state index in [2.05, 4.69) is 5.32 Å². The van der Waals surface area contributed by atoms with Gasteiger partial charge in [-0.25, -0.2) is 4.79 Å². The smallest absolute Gasteiger partial charge is 0.357 e. The monoisotopic (exact) mass is 221 g/mol. The average molecular weight is 221 g/mol. The van der Waals surface area contributed by atoms with Gasteiger partial charge in [-0.2, -0.15) is 0 Å². The van der Waals surface area contributed by atoms with Crippen LogP contribution in [0.1, 0.15) is 6.92 Å². The number of rotatable bonds is 2. The van der Waals surface area contributed by atoms with E-state index < -0.39 is 18.0 Å². The first-order valence-electron chi connectivity index (χ1n) is 4.95. The normalized spacial score (nSPS) is 18.1. The minimum Gasteiger partial charge on any atom is -0.466 e. The first-order chi connectivity index (χ1) is 7.72. The fourth-order valence-electron chi connectivity index (χ4n) is 1.42. The van der Waals surface area contributed by atoms with Crippen molar-refractivity contribution in [1.29, 1.82) is 0 Å². The molecule has 0 bridgehead atoms. The van der Waals surface area contributed by atoms with Crippen molar-refractivity contribution in [2.24, 2.45) is 0 Å². The van der Waals surface area contributed by atoms with Gasteiger partial charge in [-0.3, -0.25) is 4.79 Å². The summed E-state index contributed by atoms with van der Waals surface area (Å²) >= 11 is 0. The number of carbonyl (C=O) groups excluding carboxylic acids is 2. The van der Waals surface area contributed by atoms with Gasteiger partial charge in [0.15, 0.2) is 0 Å². The molecular weight excluding hydrogens is 210 g/mol. The third-order valence-corrected chi connectivity index (χ3v) is 2.13. The summed E-state index contributed by atoms with van der Waals surface area (Å²) in [7, 11) is 0. The fourth-order valence-corrected chi connectivity index (χ4v) is 1.42. The van der Waals surface area contributed by atoms with Crippen LogP contribution in [0.15, 0.2) is 24.3 Å². The highest BCUT2D eigenvalue weighted by Crippen LogP contribution is 2.28. The van der Waals surface area contributed by atoms with Gasteiger partial charge >= 0.3 is 5.97 Å². The van der Waals surface area contributed by atoms with E-state index in [0.29, 0.717) is 11.4 Å². The molecule has 1 amide bonds. The molecule has 0 spiro atoms. The minimum atomic E-state index is -1.21. The Labute approximate surface area is 92.4 Å². The summed E-state index contributed by atoms with van der Waals surface area (Å²) in [5, 5.41) is 2.58. The summed E-state index contributed by atoms with van der Waals surface area (Å²) in [4.78, 5) is 22.9. The van der Waals surface area contributed by atoms with Crippen LogP contribution in [0.3, 0.4) is 0 Å². The molecule has 16 heavy (non-hydrogen) atoms. The largest absolute Gasteiger partial charge is 0.466 e. The Morgan fingerprint density at radius 1 is 1.50 bits per heavy atom. The summed E-state index contributed by atoms with van der Waals surface area (Å²) in [6, 6.07) is 6.92. The van der Waals surface area contributed by atoms with Crippen LogP contribution in [0.2, 0.25) is 0 Å². The maximum atomic E-state index is 11.5. The summed E-state index contributed by atoms with van der Waals surface area (Å²) in [5.41, 5.74) is 0.563. The molecule has 0 unspecified atom stereocenters. The third-order valence-electron chi connectivity index (χ3n) is 2.13. The fraction of sp³-hybridized carbons (Fsp3) is 0.273. The zero-order chi connectivity index (χ0) is 11.5. The number of nitrogens with one attached hydrogen (secondary N) is 1. The molecule has 0 aromatic heterocycles. The van der Waals surface area contributed by atoms with Crippen molar-refractivity contribution in [3.8, 4) is 5.75 Å². The second-order valence-corrected chi connectivity index (χ2v) is 3.24. The molecule has 1 aliphatic rings. The highest BCUT2D eigenvalue weighted by atomic mass is 16.6. The number of carbonyl (C=O) groups is 2. The van der Waals surface area contributed by atoms with Gasteiger partial charge in [-0.05, 0) is 19.1 Å². The van der Waals surface area contributed by atoms with Gasteiger partial charge in [0.2, 0.25) is 0 Å². The van der Waals surface area contributed by atoms with Gasteiger partial charge in [-0.15, -0.1) is 0 Å². The Morgan fingerprint density at radius 3 is 3.00 bits per heavy atom. The van der Waals surface area contributed by atoms with Gasteiger partial charge in [0.05, 0.1) is 12.3 Å². The van der Waals surface area contributed by atoms with Crippen LogP contribution in [0.4, 0.5) is 5.69 Å². The van der Waals surface area contributed by atoms with E-state index in [0.717, 1.165) is 0 Å². The second-order valence-electron chi connectivity index (χ2n) is 3.24. The molecule has 1 atom stereocenters. The summed E-state index contributed by atoms with van der Waals surface area (Å²) in [6.07, 6.45) is -1.21. The summed E-state index contributed by atoms with van der Waals surface area (Å²) in [6.45, 7) is 1.89. The molecule has 0 fully saturated rings. The maximum absolute atomic E-state index is 11.5. The van der Waals surface area contributed by atoms with Crippen molar-refractivity contribution in [3.63, 3.8) is 0 Å². The van der Waals surface area contributed by atoms with E-state index >= 15 is 0 Å². The number of hydrogen-bond acceptors (Lipinski definition) is 4. The van der Waals surface area contributed by atoms with Crippen molar-refractivity contribution < 1.29 is 19.1 Å². The molecule has 1 aromatic rings. The minimum absolute atomic E-state index is 0.216. The van der Waals surface area contributed by atoms with Crippen molar-refractivity contribution in [2.45, 2.75) is 13.0 Å². The number of ether oxygens (including phenoxy) is 2. The molecule has 0 saturated carbocycles. The first kappa shape index (κ1) is 10.5. The van der Waals surface area contributed by atoms with Gasteiger partial charge in [-0.1, -0.05) is 12.1 Å². The predicted octanol–water partition coefficient (Wildman–Crippen LogP) is 0.949. The molecule has 5 nitrogen and oxygen atoms in total. The van der Waals surface area contributed by atoms with Crippen LogP contribution in [-0.4, -0.2) is 24.6 Å². The van der Waals surface area contributed by atoms with Gasteiger partial charge in [0.1, 0.15) is 5.75 Å². The molecular formula is C11H11NO4. The van der Waals surface area contributed by atoms with E-state index in [1.54, 1.807) is 31.2 Å². The van der Waals surface area contributed by atoms with Crippen LogP contribution in [0.5, 0.6) is 5.75 Å². The quantitative estimate of drug-likeness (QED) is 0.596. The molecule has 84 valence electrons. The molecule has 1 aliphatic heterocycles. The zero-order valence-electron chi connectivity index (χ0n) is 8.73. The van der Waals surface area contributed by atoms with Gasteiger partial charge in [0.25, 0.3) is 12.0 Å². The van der Waals surface area contributed by atoms with E-state index in [1.165, 1.54) is 0 Å². The lowest BCUT2D eigenvalue weighted by Crippen LogP contribution is -2.43. The molecule has 0 saturated heterocycles. The van der Waals surface area contributed by atoms with Crippen molar-refractivity contribution in [3.05, 3.63) is 24.3 Å². The number of amides is 1. The van der Waals surface area contributed by atoms with Gasteiger partial charge in [0, 0.05) is 0 Å². The highest BCUT2D eigenvalue weighted by Gasteiger charge is 2.34. The number of anilines is 1. The number of hydrogen-bond donors (Lipinski definition) is 1. The lowest BCUT2D eigenvalue weighted by molar-refractivity contribution is -0.155. The molecule has 1 N–H and O–H groups in total. The lowest BCUT2D eigenvalue weighted by Gasteiger charge is -2.23. The van der Waals surface area contributed by atoms with Crippen LogP contribution < -0.4 is 10.1 Å². The Kier molecular flexibility index (Phi) is 2.76.